The molecule has 0 unspecified atom stereocenters. The number of rotatable bonds is 4. The van der Waals surface area contributed by atoms with Crippen LogP contribution in [0.1, 0.15) is 5.56 Å². The molecule has 0 atom stereocenters. The number of urea groups is 1. The van der Waals surface area contributed by atoms with Crippen LogP contribution in [0.15, 0.2) is 40.9 Å². The Morgan fingerprint density at radius 1 is 1.15 bits per heavy atom. The summed E-state index contributed by atoms with van der Waals surface area (Å²) >= 11 is 3.40. The lowest BCUT2D eigenvalue weighted by Gasteiger charge is -2.19. The van der Waals surface area contributed by atoms with Crippen molar-refractivity contribution >= 4 is 39.2 Å². The normalized spacial score (nSPS) is 15.4. The molecule has 0 aliphatic carbocycles. The maximum Gasteiger partial charge on any atom is 0.325 e. The van der Waals surface area contributed by atoms with Crippen LogP contribution < -0.4 is 19.7 Å². The van der Waals surface area contributed by atoms with Crippen LogP contribution in [-0.4, -0.2) is 43.3 Å². The number of nitrogens with one attached hydrogen (secondary N) is 1. The van der Waals surface area contributed by atoms with Gasteiger partial charge in [0.25, 0.3) is 0 Å². The Hall–Kier alpha value is -2.74. The van der Waals surface area contributed by atoms with Gasteiger partial charge in [-0.25, -0.2) is 4.79 Å². The Balaban J connectivity index is 1.40. The molecule has 1 fully saturated rings. The van der Waals surface area contributed by atoms with Crippen LogP contribution in [0.5, 0.6) is 11.5 Å². The molecule has 8 heteroatoms. The molecule has 0 bridgehead atoms. The molecule has 140 valence electrons. The van der Waals surface area contributed by atoms with Crippen molar-refractivity contribution in [3.63, 3.8) is 0 Å². The predicted molar refractivity (Wildman–Crippen MR) is 104 cm³/mol. The van der Waals surface area contributed by atoms with Gasteiger partial charge in [-0.15, -0.1) is 0 Å². The molecular formula is C19H18BrN3O4. The molecule has 2 aromatic rings. The van der Waals surface area contributed by atoms with E-state index in [1.165, 1.54) is 4.90 Å². The Morgan fingerprint density at radius 2 is 1.96 bits per heavy atom. The molecule has 1 saturated heterocycles. The van der Waals surface area contributed by atoms with E-state index >= 15 is 0 Å². The quantitative estimate of drug-likeness (QED) is 0.805. The third-order valence-corrected chi connectivity index (χ3v) is 5.05. The van der Waals surface area contributed by atoms with Crippen molar-refractivity contribution in [1.29, 1.82) is 0 Å². The monoisotopic (exact) mass is 431 g/mol. The fraction of sp³-hybridized carbons (Fsp3) is 0.263. The molecule has 0 saturated carbocycles. The predicted octanol–water partition coefficient (Wildman–Crippen LogP) is 3.37. The maximum atomic E-state index is 12.7. The summed E-state index contributed by atoms with van der Waals surface area (Å²) in [4.78, 5) is 28.2. The van der Waals surface area contributed by atoms with Gasteiger partial charge in [-0.1, -0.05) is 15.9 Å². The molecule has 27 heavy (non-hydrogen) atoms. The van der Waals surface area contributed by atoms with E-state index in [1.807, 2.05) is 31.2 Å². The topological polar surface area (TPSA) is 71.1 Å². The lowest BCUT2D eigenvalue weighted by atomic mass is 10.2. The molecule has 4 rings (SSSR count). The van der Waals surface area contributed by atoms with E-state index in [0.29, 0.717) is 24.6 Å². The summed E-state index contributed by atoms with van der Waals surface area (Å²) in [7, 11) is 0. The van der Waals surface area contributed by atoms with Gasteiger partial charge in [0.2, 0.25) is 12.7 Å². The van der Waals surface area contributed by atoms with Crippen LogP contribution in [0.2, 0.25) is 0 Å². The van der Waals surface area contributed by atoms with Crippen molar-refractivity contribution in [2.45, 2.75) is 6.92 Å². The Kier molecular flexibility index (Phi) is 4.65. The first-order valence-electron chi connectivity index (χ1n) is 8.53. The number of benzene rings is 2. The lowest BCUT2D eigenvalue weighted by Crippen LogP contribution is -2.37. The summed E-state index contributed by atoms with van der Waals surface area (Å²) in [6, 6.07) is 10.8. The number of halogens is 1. The summed E-state index contributed by atoms with van der Waals surface area (Å²) in [6.07, 6.45) is 0. The van der Waals surface area contributed by atoms with Crippen LogP contribution >= 0.6 is 15.9 Å². The second-order valence-corrected chi connectivity index (χ2v) is 7.32. The number of anilines is 2. The number of carbonyl (C=O) groups is 2. The second kappa shape index (κ2) is 7.11. The third kappa shape index (κ3) is 3.57. The van der Waals surface area contributed by atoms with E-state index in [0.717, 1.165) is 21.4 Å². The molecule has 2 aliphatic rings. The van der Waals surface area contributed by atoms with Crippen molar-refractivity contribution in [1.82, 2.24) is 4.90 Å². The van der Waals surface area contributed by atoms with E-state index in [4.69, 9.17) is 9.47 Å². The summed E-state index contributed by atoms with van der Waals surface area (Å²) in [5, 5.41) is 2.86. The first-order chi connectivity index (χ1) is 13.0. The zero-order chi connectivity index (χ0) is 19.0. The zero-order valence-electron chi connectivity index (χ0n) is 14.7. The van der Waals surface area contributed by atoms with Gasteiger partial charge in [0.1, 0.15) is 6.54 Å². The van der Waals surface area contributed by atoms with Gasteiger partial charge >= 0.3 is 6.03 Å². The minimum absolute atomic E-state index is 0.00931. The molecule has 0 aromatic heterocycles. The highest BCUT2D eigenvalue weighted by molar-refractivity contribution is 9.10. The highest BCUT2D eigenvalue weighted by Crippen LogP contribution is 2.36. The average molecular weight is 432 g/mol. The Bertz CT molecular complexity index is 918. The number of nitrogens with zero attached hydrogens (tertiary/aromatic N) is 2. The summed E-state index contributed by atoms with van der Waals surface area (Å²) in [6.45, 7) is 3.12. The molecule has 2 aromatic carbocycles. The molecule has 2 heterocycles. The van der Waals surface area contributed by atoms with Gasteiger partial charge in [-0.05, 0) is 42.8 Å². The lowest BCUT2D eigenvalue weighted by molar-refractivity contribution is -0.116. The van der Waals surface area contributed by atoms with Crippen molar-refractivity contribution in [2.24, 2.45) is 0 Å². The smallest absolute Gasteiger partial charge is 0.325 e. The van der Waals surface area contributed by atoms with Crippen LogP contribution in [0.25, 0.3) is 0 Å². The molecule has 0 radical (unpaired) electrons. The minimum Gasteiger partial charge on any atom is -0.454 e. The van der Waals surface area contributed by atoms with E-state index < -0.39 is 0 Å². The minimum atomic E-state index is -0.221. The number of hydrogen-bond acceptors (Lipinski definition) is 4. The standard InChI is InChI=1S/C19H18BrN3O4/c1-12-8-13(20)2-4-15(12)21-18(24)10-22-6-7-23(19(22)25)14-3-5-16-17(9-14)27-11-26-16/h2-5,8-9H,6-7,10-11H2,1H3,(H,21,24). The van der Waals surface area contributed by atoms with Crippen LogP contribution in [0.4, 0.5) is 16.2 Å². The first-order valence-corrected chi connectivity index (χ1v) is 9.32. The van der Waals surface area contributed by atoms with Gasteiger partial charge in [0, 0.05) is 35.0 Å². The number of amides is 3. The fourth-order valence-electron chi connectivity index (χ4n) is 3.15. The molecule has 7 nitrogen and oxygen atoms in total. The zero-order valence-corrected chi connectivity index (χ0v) is 16.3. The molecular weight excluding hydrogens is 414 g/mol. The van der Waals surface area contributed by atoms with E-state index in [9.17, 15) is 9.59 Å². The van der Waals surface area contributed by atoms with Gasteiger partial charge in [-0.3, -0.25) is 9.69 Å². The highest BCUT2D eigenvalue weighted by atomic mass is 79.9. The average Bonchev–Trinajstić information content (AvgIpc) is 3.24. The van der Waals surface area contributed by atoms with Crippen molar-refractivity contribution in [3.05, 3.63) is 46.4 Å². The summed E-state index contributed by atoms with van der Waals surface area (Å²) < 4.78 is 11.6. The van der Waals surface area contributed by atoms with E-state index in [2.05, 4.69) is 21.2 Å². The third-order valence-electron chi connectivity index (χ3n) is 4.56. The molecule has 3 amide bonds. The van der Waals surface area contributed by atoms with Crippen molar-refractivity contribution in [3.8, 4) is 11.5 Å². The van der Waals surface area contributed by atoms with Gasteiger partial charge in [0.05, 0.1) is 0 Å². The number of aryl methyl sites for hydroxylation is 1. The molecule has 1 N–H and O–H groups in total. The largest absolute Gasteiger partial charge is 0.454 e. The second-order valence-electron chi connectivity index (χ2n) is 6.40. The highest BCUT2D eigenvalue weighted by Gasteiger charge is 2.31. The maximum absolute atomic E-state index is 12.7. The number of ether oxygens (including phenoxy) is 2. The Morgan fingerprint density at radius 3 is 2.78 bits per heavy atom. The van der Waals surface area contributed by atoms with E-state index in [1.54, 1.807) is 17.0 Å². The van der Waals surface area contributed by atoms with Crippen molar-refractivity contribution in [2.75, 3.05) is 36.6 Å². The van der Waals surface area contributed by atoms with Gasteiger partial charge in [0.15, 0.2) is 11.5 Å². The number of carbonyl (C=O) groups excluding carboxylic acids is 2. The summed E-state index contributed by atoms with van der Waals surface area (Å²) in [5.41, 5.74) is 2.42. The SMILES string of the molecule is Cc1cc(Br)ccc1NC(=O)CN1CCN(c2ccc3c(c2)OCO3)C1=O. The fourth-order valence-corrected chi connectivity index (χ4v) is 3.63. The van der Waals surface area contributed by atoms with Crippen LogP contribution in [-0.2, 0) is 4.79 Å². The summed E-state index contributed by atoms with van der Waals surface area (Å²) in [5.74, 6) is 1.08. The van der Waals surface area contributed by atoms with Crippen molar-refractivity contribution < 1.29 is 19.1 Å². The van der Waals surface area contributed by atoms with E-state index in [-0.39, 0.29) is 25.3 Å². The molecule has 2 aliphatic heterocycles. The number of fused-ring (bicyclic) bond motifs is 1. The van der Waals surface area contributed by atoms with Gasteiger partial charge < -0.3 is 19.7 Å². The molecule has 0 spiro atoms. The van der Waals surface area contributed by atoms with Crippen LogP contribution in [0.3, 0.4) is 0 Å². The first kappa shape index (κ1) is 17.7. The number of hydrogen-bond donors (Lipinski definition) is 1. The Labute approximate surface area is 165 Å². The van der Waals surface area contributed by atoms with Gasteiger partial charge in [-0.2, -0.15) is 0 Å². The van der Waals surface area contributed by atoms with Crippen LogP contribution in [0, 0.1) is 6.92 Å².